The van der Waals surface area contributed by atoms with E-state index in [0.717, 1.165) is 23.0 Å². The summed E-state index contributed by atoms with van der Waals surface area (Å²) in [4.78, 5) is 9.80. The molecular weight excluding hydrogens is 272 g/mol. The molecule has 2 heterocycles. The molecule has 106 valence electrons. The molecule has 0 radical (unpaired) electrons. The van der Waals surface area contributed by atoms with E-state index in [1.165, 1.54) is 6.07 Å². The number of rotatable bonds is 1. The van der Waals surface area contributed by atoms with Crippen LogP contribution in [0.4, 0.5) is 14.7 Å². The molecule has 0 spiro atoms. The first-order chi connectivity index (χ1) is 10.2. The highest BCUT2D eigenvalue weighted by atomic mass is 19.1. The molecule has 1 aliphatic rings. The minimum atomic E-state index is -0.530. The van der Waals surface area contributed by atoms with Crippen LogP contribution in [-0.2, 0) is 13.0 Å². The molecule has 2 aromatic carbocycles. The van der Waals surface area contributed by atoms with Crippen molar-refractivity contribution in [1.29, 1.82) is 0 Å². The van der Waals surface area contributed by atoms with Crippen molar-refractivity contribution in [2.24, 2.45) is 0 Å². The van der Waals surface area contributed by atoms with Crippen molar-refractivity contribution in [3.8, 4) is 0 Å². The van der Waals surface area contributed by atoms with Crippen molar-refractivity contribution in [2.45, 2.75) is 13.0 Å². The Hall–Kier alpha value is -2.43. The molecular formula is C16H13F2N3. The van der Waals surface area contributed by atoms with Gasteiger partial charge in [-0.25, -0.2) is 13.8 Å². The molecule has 0 aliphatic carbocycles. The van der Waals surface area contributed by atoms with Crippen molar-refractivity contribution < 1.29 is 8.78 Å². The lowest BCUT2D eigenvalue weighted by atomic mass is 9.99. The van der Waals surface area contributed by atoms with Gasteiger partial charge >= 0.3 is 0 Å². The molecule has 0 saturated carbocycles. The molecule has 4 rings (SSSR count). The fourth-order valence-corrected chi connectivity index (χ4v) is 2.88. The molecule has 3 aromatic rings. The zero-order valence-corrected chi connectivity index (χ0v) is 11.2. The Morgan fingerprint density at radius 3 is 2.86 bits per heavy atom. The number of anilines is 1. The van der Waals surface area contributed by atoms with Crippen LogP contribution in [0.5, 0.6) is 0 Å². The number of fused-ring (bicyclic) bond motifs is 2. The molecule has 21 heavy (non-hydrogen) atoms. The summed E-state index contributed by atoms with van der Waals surface area (Å²) in [5.41, 5.74) is 3.16. The third-order valence-electron chi connectivity index (χ3n) is 3.92. The summed E-state index contributed by atoms with van der Waals surface area (Å²) in [6.07, 6.45) is 0.554. The zero-order valence-electron chi connectivity index (χ0n) is 11.2. The fraction of sp³-hybridized carbons (Fsp3) is 0.188. The lowest BCUT2D eigenvalue weighted by Gasteiger charge is -2.28. The molecule has 1 aromatic heterocycles. The van der Waals surface area contributed by atoms with Gasteiger partial charge < -0.3 is 9.88 Å². The van der Waals surface area contributed by atoms with Crippen LogP contribution in [0.25, 0.3) is 11.0 Å². The van der Waals surface area contributed by atoms with E-state index in [9.17, 15) is 8.78 Å². The molecule has 0 unspecified atom stereocenters. The summed E-state index contributed by atoms with van der Waals surface area (Å²) in [7, 11) is 0. The number of aromatic nitrogens is 2. The van der Waals surface area contributed by atoms with Crippen molar-refractivity contribution in [2.75, 3.05) is 11.4 Å². The number of para-hydroxylation sites is 2. The van der Waals surface area contributed by atoms with Gasteiger partial charge in [-0.05, 0) is 35.7 Å². The van der Waals surface area contributed by atoms with Crippen molar-refractivity contribution >= 4 is 17.0 Å². The number of halogens is 2. The van der Waals surface area contributed by atoms with E-state index >= 15 is 0 Å². The average molecular weight is 285 g/mol. The van der Waals surface area contributed by atoms with Gasteiger partial charge in [0.15, 0.2) is 0 Å². The van der Waals surface area contributed by atoms with Gasteiger partial charge in [-0.2, -0.15) is 0 Å². The highest BCUT2D eigenvalue weighted by Crippen LogP contribution is 2.26. The third-order valence-corrected chi connectivity index (χ3v) is 3.92. The van der Waals surface area contributed by atoms with Crippen molar-refractivity contribution in [1.82, 2.24) is 9.97 Å². The van der Waals surface area contributed by atoms with Crippen molar-refractivity contribution in [3.63, 3.8) is 0 Å². The summed E-state index contributed by atoms with van der Waals surface area (Å²) in [5.74, 6) is -0.238. The highest BCUT2D eigenvalue weighted by Gasteiger charge is 2.22. The van der Waals surface area contributed by atoms with E-state index in [1.807, 2.05) is 29.2 Å². The molecule has 1 aliphatic heterocycles. The molecule has 0 amide bonds. The number of hydrogen-bond donors (Lipinski definition) is 1. The second-order valence-electron chi connectivity index (χ2n) is 5.27. The van der Waals surface area contributed by atoms with Gasteiger partial charge in [-0.3, -0.25) is 0 Å². The lowest BCUT2D eigenvalue weighted by molar-refractivity contribution is 0.554. The Bertz CT molecular complexity index is 793. The zero-order chi connectivity index (χ0) is 14.4. The molecule has 0 fully saturated rings. The molecule has 0 bridgehead atoms. The maximum absolute atomic E-state index is 13.7. The second-order valence-corrected chi connectivity index (χ2v) is 5.27. The number of hydrogen-bond acceptors (Lipinski definition) is 2. The van der Waals surface area contributed by atoms with Gasteiger partial charge in [0.2, 0.25) is 5.95 Å². The van der Waals surface area contributed by atoms with E-state index in [4.69, 9.17) is 0 Å². The normalized spacial score (nSPS) is 14.5. The average Bonchev–Trinajstić information content (AvgIpc) is 2.90. The monoisotopic (exact) mass is 285 g/mol. The Kier molecular flexibility index (Phi) is 2.67. The Labute approximate surface area is 120 Å². The van der Waals surface area contributed by atoms with Gasteiger partial charge in [0, 0.05) is 19.2 Å². The summed E-state index contributed by atoms with van der Waals surface area (Å²) in [5, 5.41) is 0. The number of aromatic amines is 1. The van der Waals surface area contributed by atoms with Gasteiger partial charge in [-0.1, -0.05) is 12.1 Å². The molecule has 1 N–H and O–H groups in total. The van der Waals surface area contributed by atoms with E-state index < -0.39 is 11.6 Å². The summed E-state index contributed by atoms with van der Waals surface area (Å²) in [6.45, 7) is 1.12. The summed E-state index contributed by atoms with van der Waals surface area (Å²) < 4.78 is 27.1. The quantitative estimate of drug-likeness (QED) is 0.743. The second kappa shape index (κ2) is 4.55. The minimum Gasteiger partial charge on any atom is -0.338 e. The highest BCUT2D eigenvalue weighted by molar-refractivity contribution is 5.77. The van der Waals surface area contributed by atoms with E-state index in [0.29, 0.717) is 30.6 Å². The first kappa shape index (κ1) is 12.3. The van der Waals surface area contributed by atoms with Gasteiger partial charge in [0.05, 0.1) is 11.0 Å². The lowest BCUT2D eigenvalue weighted by Crippen LogP contribution is -2.31. The van der Waals surface area contributed by atoms with Gasteiger partial charge in [0.1, 0.15) is 11.6 Å². The Balaban J connectivity index is 1.71. The summed E-state index contributed by atoms with van der Waals surface area (Å²) >= 11 is 0. The smallest absolute Gasteiger partial charge is 0.204 e. The largest absolute Gasteiger partial charge is 0.338 e. The topological polar surface area (TPSA) is 31.9 Å². The van der Waals surface area contributed by atoms with Gasteiger partial charge in [-0.15, -0.1) is 0 Å². The molecule has 0 saturated heterocycles. The van der Waals surface area contributed by atoms with Crippen molar-refractivity contribution in [3.05, 3.63) is 59.2 Å². The van der Waals surface area contributed by atoms with E-state index in [2.05, 4.69) is 9.97 Å². The van der Waals surface area contributed by atoms with Crippen LogP contribution in [-0.4, -0.2) is 16.5 Å². The number of nitrogens with one attached hydrogen (secondary N) is 1. The van der Waals surface area contributed by atoms with Crippen LogP contribution >= 0.6 is 0 Å². The fourth-order valence-electron chi connectivity index (χ4n) is 2.88. The van der Waals surface area contributed by atoms with Crippen LogP contribution < -0.4 is 4.90 Å². The first-order valence-corrected chi connectivity index (χ1v) is 6.87. The predicted octanol–water partition coefficient (Wildman–Crippen LogP) is 3.40. The predicted molar refractivity (Wildman–Crippen MR) is 77.2 cm³/mol. The third kappa shape index (κ3) is 2.05. The van der Waals surface area contributed by atoms with E-state index in [-0.39, 0.29) is 0 Å². The van der Waals surface area contributed by atoms with Crippen LogP contribution in [0.15, 0.2) is 36.4 Å². The number of imidazole rings is 1. The minimum absolute atomic E-state index is 0.450. The van der Waals surface area contributed by atoms with Crippen LogP contribution in [0.2, 0.25) is 0 Å². The summed E-state index contributed by atoms with van der Waals surface area (Å²) in [6, 6.07) is 10.1. The van der Waals surface area contributed by atoms with Crippen LogP contribution in [0.1, 0.15) is 11.1 Å². The molecule has 3 nitrogen and oxygen atoms in total. The molecule has 5 heteroatoms. The number of benzene rings is 2. The molecule has 0 atom stereocenters. The van der Waals surface area contributed by atoms with Crippen LogP contribution in [0, 0.1) is 11.6 Å². The number of nitrogens with zero attached hydrogens (tertiary/aromatic N) is 2. The Morgan fingerprint density at radius 2 is 2.00 bits per heavy atom. The van der Waals surface area contributed by atoms with Crippen LogP contribution in [0.3, 0.4) is 0 Å². The Morgan fingerprint density at radius 1 is 1.14 bits per heavy atom. The maximum Gasteiger partial charge on any atom is 0.204 e. The first-order valence-electron chi connectivity index (χ1n) is 6.87. The van der Waals surface area contributed by atoms with E-state index in [1.54, 1.807) is 0 Å². The SMILES string of the molecule is Fc1cc(F)c2c(c1)CN(c1nc3ccccc3[nH]1)CC2. The maximum atomic E-state index is 13.7. The van der Waals surface area contributed by atoms with Gasteiger partial charge in [0.25, 0.3) is 0 Å². The standard InChI is InChI=1S/C16H13F2N3/c17-11-7-10-9-21(6-5-12(10)13(18)8-11)16-19-14-3-1-2-4-15(14)20-16/h1-4,7-8H,5-6,9H2,(H,19,20). The number of H-pyrrole nitrogens is 1.